The van der Waals surface area contributed by atoms with Crippen LogP contribution < -0.4 is 9.86 Å². The Bertz CT molecular complexity index is 655. The number of hydrogen-bond donors (Lipinski definition) is 2. The molecule has 0 aliphatic heterocycles. The fourth-order valence-corrected chi connectivity index (χ4v) is 2.43. The van der Waals surface area contributed by atoms with E-state index < -0.39 is 36.6 Å². The van der Waals surface area contributed by atoms with Crippen molar-refractivity contribution in [2.24, 2.45) is 5.14 Å². The summed E-state index contributed by atoms with van der Waals surface area (Å²) in [5.74, 6) is -0.793. The minimum absolute atomic E-state index is 0.439. The highest BCUT2D eigenvalue weighted by Gasteiger charge is 2.20. The molecule has 0 radical (unpaired) electrons. The lowest BCUT2D eigenvalue weighted by Crippen LogP contribution is -2.30. The number of rotatable bonds is 4. The molecule has 0 saturated heterocycles. The molecular formula is C8H12FN3O4S2. The zero-order chi connectivity index (χ0) is 14.1. The summed E-state index contributed by atoms with van der Waals surface area (Å²) < 4.78 is 61.3. The molecule has 0 spiro atoms. The van der Waals surface area contributed by atoms with E-state index in [1.807, 2.05) is 4.72 Å². The highest BCUT2D eigenvalue weighted by Crippen LogP contribution is 2.22. The SMILES string of the molecule is CN(C)S(=O)(=O)Nc1cc(F)ccc1S(N)(=O)=O. The molecule has 1 aromatic rings. The van der Waals surface area contributed by atoms with Crippen molar-refractivity contribution in [1.82, 2.24) is 4.31 Å². The zero-order valence-electron chi connectivity index (χ0n) is 9.58. The van der Waals surface area contributed by atoms with Gasteiger partial charge in [0.25, 0.3) is 0 Å². The molecule has 0 aliphatic rings. The summed E-state index contributed by atoms with van der Waals surface area (Å²) in [6, 6.07) is 2.49. The van der Waals surface area contributed by atoms with E-state index in [0.717, 1.165) is 22.5 Å². The topological polar surface area (TPSA) is 110 Å². The minimum atomic E-state index is -4.16. The third-order valence-corrected chi connectivity index (χ3v) is 4.38. The number of nitrogens with two attached hydrogens (primary N) is 1. The number of benzene rings is 1. The van der Waals surface area contributed by atoms with Crippen LogP contribution in [0.5, 0.6) is 0 Å². The second-order valence-electron chi connectivity index (χ2n) is 3.57. The number of halogens is 1. The first-order valence-corrected chi connectivity index (χ1v) is 7.55. The van der Waals surface area contributed by atoms with Crippen molar-refractivity contribution in [3.8, 4) is 0 Å². The Morgan fingerprint density at radius 2 is 1.78 bits per heavy atom. The maximum Gasteiger partial charge on any atom is 0.301 e. The van der Waals surface area contributed by atoms with Gasteiger partial charge in [-0.3, -0.25) is 4.72 Å². The van der Waals surface area contributed by atoms with Gasteiger partial charge in [-0.2, -0.15) is 12.7 Å². The van der Waals surface area contributed by atoms with Gasteiger partial charge in [-0.15, -0.1) is 0 Å². The van der Waals surface area contributed by atoms with Crippen LogP contribution in [0, 0.1) is 5.82 Å². The van der Waals surface area contributed by atoms with Crippen LogP contribution in [-0.4, -0.2) is 35.2 Å². The highest BCUT2D eigenvalue weighted by atomic mass is 32.2. The summed E-state index contributed by atoms with van der Waals surface area (Å²) in [5, 5.41) is 4.90. The Labute approximate surface area is 105 Å². The van der Waals surface area contributed by atoms with E-state index in [1.54, 1.807) is 0 Å². The lowest BCUT2D eigenvalue weighted by molar-refractivity contribution is 0.526. The molecule has 0 unspecified atom stereocenters. The lowest BCUT2D eigenvalue weighted by Gasteiger charge is -2.15. The number of hydrogen-bond acceptors (Lipinski definition) is 4. The van der Waals surface area contributed by atoms with Gasteiger partial charge in [-0.05, 0) is 18.2 Å². The molecule has 0 aromatic heterocycles. The van der Waals surface area contributed by atoms with Crippen molar-refractivity contribution in [2.45, 2.75) is 4.90 Å². The second kappa shape index (κ2) is 4.80. The molecule has 0 amide bonds. The zero-order valence-corrected chi connectivity index (χ0v) is 11.2. The van der Waals surface area contributed by atoms with Gasteiger partial charge >= 0.3 is 10.2 Å². The van der Waals surface area contributed by atoms with Crippen molar-refractivity contribution in [2.75, 3.05) is 18.8 Å². The molecule has 10 heteroatoms. The Morgan fingerprint density at radius 1 is 1.22 bits per heavy atom. The number of anilines is 1. The monoisotopic (exact) mass is 297 g/mol. The molecule has 0 bridgehead atoms. The number of sulfonamides is 1. The fraction of sp³-hybridized carbons (Fsp3) is 0.250. The average Bonchev–Trinajstić information content (AvgIpc) is 2.14. The second-order valence-corrected chi connectivity index (χ2v) is 6.99. The molecular weight excluding hydrogens is 285 g/mol. The number of nitrogens with zero attached hydrogens (tertiary/aromatic N) is 1. The van der Waals surface area contributed by atoms with E-state index in [9.17, 15) is 21.2 Å². The molecule has 1 aromatic carbocycles. The largest absolute Gasteiger partial charge is 0.301 e. The van der Waals surface area contributed by atoms with E-state index in [1.165, 1.54) is 14.1 Å². The van der Waals surface area contributed by atoms with Gasteiger partial charge in [0, 0.05) is 14.1 Å². The van der Waals surface area contributed by atoms with Gasteiger partial charge in [-0.1, -0.05) is 0 Å². The van der Waals surface area contributed by atoms with Crippen LogP contribution in [-0.2, 0) is 20.2 Å². The molecule has 102 valence electrons. The van der Waals surface area contributed by atoms with E-state index in [-0.39, 0.29) is 0 Å². The lowest BCUT2D eigenvalue weighted by atomic mass is 10.3. The summed E-state index contributed by atoms with van der Waals surface area (Å²) in [4.78, 5) is -0.505. The van der Waals surface area contributed by atoms with Gasteiger partial charge in [-0.25, -0.2) is 17.9 Å². The Hall–Kier alpha value is -1.23. The van der Waals surface area contributed by atoms with Crippen molar-refractivity contribution in [1.29, 1.82) is 0 Å². The van der Waals surface area contributed by atoms with Crippen LogP contribution in [0.1, 0.15) is 0 Å². The summed E-state index contributed by atoms with van der Waals surface area (Å²) in [6.07, 6.45) is 0. The van der Waals surface area contributed by atoms with Crippen LogP contribution in [0.25, 0.3) is 0 Å². The van der Waals surface area contributed by atoms with Gasteiger partial charge in [0.15, 0.2) is 0 Å². The van der Waals surface area contributed by atoms with Crippen LogP contribution in [0.3, 0.4) is 0 Å². The Kier molecular flexibility index (Phi) is 3.96. The van der Waals surface area contributed by atoms with Crippen molar-refractivity contribution < 1.29 is 21.2 Å². The third-order valence-electron chi connectivity index (χ3n) is 1.97. The van der Waals surface area contributed by atoms with E-state index >= 15 is 0 Å². The van der Waals surface area contributed by atoms with Gasteiger partial charge in [0.2, 0.25) is 10.0 Å². The first-order valence-electron chi connectivity index (χ1n) is 4.56. The predicted octanol–water partition coefficient (Wildman–Crippen LogP) is -0.309. The molecule has 1 rings (SSSR count). The average molecular weight is 297 g/mol. The maximum atomic E-state index is 13.0. The smallest absolute Gasteiger partial charge is 0.269 e. The minimum Gasteiger partial charge on any atom is -0.269 e. The normalized spacial score (nSPS) is 12.7. The van der Waals surface area contributed by atoms with Crippen LogP contribution >= 0.6 is 0 Å². The van der Waals surface area contributed by atoms with Crippen LogP contribution in [0.2, 0.25) is 0 Å². The van der Waals surface area contributed by atoms with Crippen LogP contribution in [0.15, 0.2) is 23.1 Å². The third kappa shape index (κ3) is 3.38. The number of nitrogens with one attached hydrogen (secondary N) is 1. The summed E-state index contributed by atoms with van der Waals surface area (Å²) >= 11 is 0. The predicted molar refractivity (Wildman–Crippen MR) is 64.0 cm³/mol. The summed E-state index contributed by atoms with van der Waals surface area (Å²) in [7, 11) is -5.65. The molecule has 0 heterocycles. The molecule has 0 saturated carbocycles. The van der Waals surface area contributed by atoms with Gasteiger partial charge < -0.3 is 0 Å². The fourth-order valence-electron chi connectivity index (χ4n) is 1.06. The molecule has 0 fully saturated rings. The number of primary sulfonamides is 1. The molecule has 7 nitrogen and oxygen atoms in total. The van der Waals surface area contributed by atoms with Crippen molar-refractivity contribution in [3.05, 3.63) is 24.0 Å². The van der Waals surface area contributed by atoms with Crippen molar-refractivity contribution >= 4 is 25.9 Å². The molecule has 18 heavy (non-hydrogen) atoms. The Balaban J connectivity index is 3.37. The standard InChI is InChI=1S/C8H12FN3O4S2/c1-12(2)18(15,16)11-7-5-6(9)3-4-8(7)17(10,13)14/h3-5,11H,1-2H3,(H2,10,13,14). The van der Waals surface area contributed by atoms with E-state index in [4.69, 9.17) is 5.14 Å². The first-order chi connectivity index (χ1) is 8.04. The maximum absolute atomic E-state index is 13.0. The van der Waals surface area contributed by atoms with E-state index in [2.05, 4.69) is 0 Å². The van der Waals surface area contributed by atoms with Crippen LogP contribution in [0.4, 0.5) is 10.1 Å². The first kappa shape index (κ1) is 14.8. The quantitative estimate of drug-likeness (QED) is 0.794. The summed E-state index contributed by atoms with van der Waals surface area (Å²) in [5.41, 5.74) is -0.439. The molecule has 0 aliphatic carbocycles. The highest BCUT2D eigenvalue weighted by molar-refractivity contribution is 7.91. The van der Waals surface area contributed by atoms with Gasteiger partial charge in [0.05, 0.1) is 5.69 Å². The van der Waals surface area contributed by atoms with Gasteiger partial charge in [0.1, 0.15) is 10.7 Å². The molecule has 3 N–H and O–H groups in total. The Morgan fingerprint density at radius 3 is 2.22 bits per heavy atom. The molecule has 0 atom stereocenters. The summed E-state index contributed by atoms with van der Waals surface area (Å²) in [6.45, 7) is 0. The van der Waals surface area contributed by atoms with Crippen molar-refractivity contribution in [3.63, 3.8) is 0 Å². The van der Waals surface area contributed by atoms with E-state index in [0.29, 0.717) is 0 Å².